The van der Waals surface area contributed by atoms with Crippen LogP contribution in [0.2, 0.25) is 5.02 Å². The molecule has 0 unspecified atom stereocenters. The number of Topliss-reactive ketones (excluding diaryl/α,β-unsaturated/α-hetero) is 1. The second-order valence-electron chi connectivity index (χ2n) is 21.1. The number of ketones is 1. The Bertz CT molecular complexity index is 1900. The zero-order valence-corrected chi connectivity index (χ0v) is 36.1. The minimum absolute atomic E-state index is 0.0304. The number of rotatable bonds is 9. The minimum Gasteiger partial charge on any atom is -0.481 e. The summed E-state index contributed by atoms with van der Waals surface area (Å²) in [5.41, 5.74) is 0.509. The van der Waals surface area contributed by atoms with E-state index in [2.05, 4.69) is 69.8 Å². The molecule has 0 saturated heterocycles. The molecule has 0 spiro atoms. The van der Waals surface area contributed by atoms with Crippen LogP contribution in [0.1, 0.15) is 152 Å². The van der Waals surface area contributed by atoms with Gasteiger partial charge in [-0.3, -0.25) is 19.2 Å². The quantitative estimate of drug-likeness (QED) is 0.187. The summed E-state index contributed by atoms with van der Waals surface area (Å²) in [6, 6.07) is 0. The number of halogens is 1. The molecule has 0 aliphatic heterocycles. The van der Waals surface area contributed by atoms with Crippen molar-refractivity contribution in [2.45, 2.75) is 158 Å². The maximum Gasteiger partial charge on any atom is 0.309 e. The van der Waals surface area contributed by atoms with Gasteiger partial charge in [0.05, 0.1) is 16.9 Å². The summed E-state index contributed by atoms with van der Waals surface area (Å²) >= 11 is 6.06. The summed E-state index contributed by atoms with van der Waals surface area (Å²) in [5, 5.41) is 13.3. The number of fused-ring (bicyclic) bond motifs is 7. The summed E-state index contributed by atoms with van der Waals surface area (Å²) in [7, 11) is 0. The summed E-state index contributed by atoms with van der Waals surface area (Å²) in [5.74, 6) is 0.424. The third-order valence-electron chi connectivity index (χ3n) is 16.9. The van der Waals surface area contributed by atoms with Crippen molar-refractivity contribution >= 4 is 35.2 Å². The molecule has 306 valence electrons. The molecule has 9 nitrogen and oxygen atoms in total. The number of hydrogen-bond acceptors (Lipinski definition) is 7. The number of allylic oxidation sites excluding steroid dienone is 3. The fraction of sp³-hybridized carbons (Fsp3) is 0.739. The molecule has 5 fully saturated rings. The van der Waals surface area contributed by atoms with E-state index < -0.39 is 28.3 Å². The molecule has 0 radical (unpaired) electrons. The molecular weight excluding hydrogens is 726 g/mol. The Balaban J connectivity index is 1.16. The normalized spacial score (nSPS) is 37.2. The molecule has 6 aliphatic carbocycles. The molecule has 5 saturated carbocycles. The van der Waals surface area contributed by atoms with Crippen LogP contribution in [0.25, 0.3) is 0 Å². The Kier molecular flexibility index (Phi) is 9.90. The van der Waals surface area contributed by atoms with Crippen molar-refractivity contribution in [3.63, 3.8) is 0 Å². The Morgan fingerprint density at radius 2 is 1.61 bits per heavy atom. The first-order chi connectivity index (χ1) is 26.0. The highest BCUT2D eigenvalue weighted by molar-refractivity contribution is 6.30. The number of esters is 1. The molecule has 1 aromatic rings. The molecule has 2 N–H and O–H groups in total. The molecule has 8 atom stereocenters. The summed E-state index contributed by atoms with van der Waals surface area (Å²) in [6.07, 6.45) is 14.6. The number of carbonyl (C=O) groups is 4. The number of nitrogens with one attached hydrogen (secondary N) is 1. The smallest absolute Gasteiger partial charge is 0.309 e. The Morgan fingerprint density at radius 1 is 0.946 bits per heavy atom. The van der Waals surface area contributed by atoms with E-state index in [1.807, 2.05) is 6.92 Å². The molecule has 7 rings (SSSR count). The lowest BCUT2D eigenvalue weighted by Crippen LogP contribution is -2.65. The number of ether oxygens (including phenoxy) is 1. The fourth-order valence-corrected chi connectivity index (χ4v) is 13.6. The average molecular weight is 790 g/mol. The van der Waals surface area contributed by atoms with Gasteiger partial charge >= 0.3 is 11.9 Å². The number of carbonyl (C=O) groups excluding carboxylic acids is 3. The Hall–Kier alpha value is -3.07. The number of carboxylic acid groups (broad SMARTS) is 1. The predicted octanol–water partition coefficient (Wildman–Crippen LogP) is 9.58. The standard InChI is InChI=1S/C46H64ClN3O6/c1-26(2)35-30(51)22-45(21-27(3)37(53)50-46(19-20-46)38-48-24-28(47)25-49-38)18-17-43(9)29(36(35)45)11-12-32-42(8)15-14-33(56-34(52)23-40(4,5)39(54)55)41(6,7)31(42)13-16-44(32,43)10/h21,24-26,29,31-33H,11-20,22-23H2,1-10H3,(H,50,53)(H,54,55)/t29-,31+,32-,33+,42+,43-,44-,45-/m1/s1. The van der Waals surface area contributed by atoms with Gasteiger partial charge in [-0.2, -0.15) is 0 Å². The van der Waals surface area contributed by atoms with E-state index in [1.54, 1.807) is 26.2 Å². The lowest BCUT2D eigenvalue weighted by Gasteiger charge is -2.72. The Labute approximate surface area is 338 Å². The number of amides is 1. The van der Waals surface area contributed by atoms with Gasteiger partial charge < -0.3 is 15.2 Å². The lowest BCUT2D eigenvalue weighted by molar-refractivity contribution is -0.232. The van der Waals surface area contributed by atoms with Crippen molar-refractivity contribution in [2.75, 3.05) is 0 Å². The maximum absolute atomic E-state index is 14.2. The van der Waals surface area contributed by atoms with Gasteiger partial charge in [-0.1, -0.05) is 66.1 Å². The van der Waals surface area contributed by atoms with E-state index >= 15 is 0 Å². The van der Waals surface area contributed by atoms with Crippen LogP contribution in [-0.4, -0.2) is 44.8 Å². The number of hydrogen-bond donors (Lipinski definition) is 2. The molecule has 56 heavy (non-hydrogen) atoms. The first-order valence-electron chi connectivity index (χ1n) is 21.2. The van der Waals surface area contributed by atoms with Gasteiger partial charge in [-0.05, 0) is 136 Å². The van der Waals surface area contributed by atoms with E-state index in [0.717, 1.165) is 69.8 Å². The van der Waals surface area contributed by atoms with Crippen molar-refractivity contribution in [3.8, 4) is 0 Å². The van der Waals surface area contributed by atoms with Gasteiger partial charge in [-0.25, -0.2) is 9.97 Å². The maximum atomic E-state index is 14.2. The van der Waals surface area contributed by atoms with Crippen molar-refractivity contribution in [2.24, 2.45) is 56.2 Å². The van der Waals surface area contributed by atoms with Gasteiger partial charge in [0.15, 0.2) is 11.6 Å². The van der Waals surface area contributed by atoms with Crippen molar-refractivity contribution in [1.82, 2.24) is 15.3 Å². The van der Waals surface area contributed by atoms with Crippen LogP contribution in [0.3, 0.4) is 0 Å². The molecule has 6 aliphatic rings. The molecule has 0 aromatic carbocycles. The van der Waals surface area contributed by atoms with Crippen LogP contribution in [0.15, 0.2) is 35.2 Å². The molecule has 1 amide bonds. The first kappa shape index (κ1) is 41.1. The number of aliphatic carboxylic acids is 1. The van der Waals surface area contributed by atoms with E-state index in [1.165, 1.54) is 5.57 Å². The Morgan fingerprint density at radius 3 is 2.21 bits per heavy atom. The summed E-state index contributed by atoms with van der Waals surface area (Å²) in [4.78, 5) is 61.9. The van der Waals surface area contributed by atoms with Crippen LogP contribution in [0, 0.1) is 56.2 Å². The monoisotopic (exact) mass is 789 g/mol. The third-order valence-corrected chi connectivity index (χ3v) is 17.1. The molecule has 1 aromatic heterocycles. The van der Waals surface area contributed by atoms with Crippen molar-refractivity contribution in [3.05, 3.63) is 46.0 Å². The number of carboxylic acids is 1. The lowest BCUT2D eigenvalue weighted by atomic mass is 9.33. The third kappa shape index (κ3) is 6.22. The first-order valence-corrected chi connectivity index (χ1v) is 21.5. The van der Waals surface area contributed by atoms with Gasteiger partial charge in [0, 0.05) is 35.2 Å². The van der Waals surface area contributed by atoms with Crippen LogP contribution in [0.4, 0.5) is 0 Å². The van der Waals surface area contributed by atoms with Gasteiger partial charge in [-0.15, -0.1) is 0 Å². The second-order valence-corrected chi connectivity index (χ2v) is 21.6. The van der Waals surface area contributed by atoms with E-state index in [9.17, 15) is 24.3 Å². The molecule has 1 heterocycles. The van der Waals surface area contributed by atoms with Gasteiger partial charge in [0.1, 0.15) is 11.6 Å². The zero-order valence-electron chi connectivity index (χ0n) is 35.4. The second kappa shape index (κ2) is 13.5. The minimum atomic E-state index is -1.18. The summed E-state index contributed by atoms with van der Waals surface area (Å²) in [6.45, 7) is 21.5. The molecule has 0 bridgehead atoms. The topological polar surface area (TPSA) is 136 Å². The predicted molar refractivity (Wildman–Crippen MR) is 215 cm³/mol. The average Bonchev–Trinajstić information content (AvgIpc) is 3.81. The fourth-order valence-electron chi connectivity index (χ4n) is 13.5. The van der Waals surface area contributed by atoms with Crippen LogP contribution in [-0.2, 0) is 29.5 Å². The number of aromatic nitrogens is 2. The van der Waals surface area contributed by atoms with Crippen LogP contribution < -0.4 is 5.32 Å². The van der Waals surface area contributed by atoms with Gasteiger partial charge in [0.25, 0.3) is 0 Å². The zero-order chi connectivity index (χ0) is 41.0. The van der Waals surface area contributed by atoms with Crippen LogP contribution >= 0.6 is 11.6 Å². The summed E-state index contributed by atoms with van der Waals surface area (Å²) < 4.78 is 6.18. The van der Waals surface area contributed by atoms with Gasteiger partial charge in [0.2, 0.25) is 5.91 Å². The van der Waals surface area contributed by atoms with Crippen molar-refractivity contribution in [1.29, 1.82) is 0 Å². The van der Waals surface area contributed by atoms with Crippen LogP contribution in [0.5, 0.6) is 0 Å². The van der Waals surface area contributed by atoms with E-state index in [4.69, 9.17) is 16.3 Å². The highest BCUT2D eigenvalue weighted by Crippen LogP contribution is 2.77. The van der Waals surface area contributed by atoms with E-state index in [0.29, 0.717) is 34.7 Å². The van der Waals surface area contributed by atoms with E-state index in [-0.39, 0.29) is 57.7 Å². The SMILES string of the molecule is CC(=C[C@@]12CC[C@]3(C)[C@H](CC[C@@H]4[C@@]5(C)CC[C@H](OC(=O)CC(C)(C)C(=O)O)C(C)(C)[C@@H]5CC[C@]43C)C1=C(C(C)C)C(=O)C2)C(=O)NC1(c2ncc(Cl)cn2)CC1. The number of nitrogens with zero attached hydrogens (tertiary/aromatic N) is 2. The highest BCUT2D eigenvalue weighted by Gasteiger charge is 2.70. The van der Waals surface area contributed by atoms with Crippen molar-refractivity contribution < 1.29 is 29.0 Å². The highest BCUT2D eigenvalue weighted by atomic mass is 35.5. The molecular formula is C46H64ClN3O6. The largest absolute Gasteiger partial charge is 0.481 e. The molecule has 10 heteroatoms.